The normalized spacial score (nSPS) is 13.7. The number of amides is 1. The number of para-hydroxylation sites is 3. The number of rotatable bonds is 2. The lowest BCUT2D eigenvalue weighted by atomic mass is 9.34. The van der Waals surface area contributed by atoms with Crippen LogP contribution in [-0.2, 0) is 0 Å². The topological polar surface area (TPSA) is 34.5 Å². The van der Waals surface area contributed by atoms with Crippen molar-refractivity contribution in [2.75, 3.05) is 4.90 Å². The molecule has 7 aromatic rings. The van der Waals surface area contributed by atoms with Gasteiger partial charge in [0.2, 0.25) is 6.71 Å². The molecule has 6 aromatic carbocycles. The average molecular weight is 512 g/mol. The smallest absolute Gasteiger partial charge is 0.409 e. The molecule has 4 nitrogen and oxygen atoms in total. The number of benzene rings is 6. The van der Waals surface area contributed by atoms with Gasteiger partial charge >= 0.3 is 6.09 Å². The fourth-order valence-electron chi connectivity index (χ4n) is 6.97. The zero-order valence-corrected chi connectivity index (χ0v) is 21.4. The van der Waals surface area contributed by atoms with Crippen LogP contribution in [0.2, 0.25) is 0 Å². The van der Waals surface area contributed by atoms with Gasteiger partial charge in [-0.3, -0.25) is 0 Å². The highest BCUT2D eigenvalue weighted by Gasteiger charge is 2.44. The van der Waals surface area contributed by atoms with Gasteiger partial charge in [-0.1, -0.05) is 103 Å². The van der Waals surface area contributed by atoms with Crippen molar-refractivity contribution in [2.24, 2.45) is 0 Å². The summed E-state index contributed by atoms with van der Waals surface area (Å²) in [5, 5.41) is 4.37. The molecule has 3 heterocycles. The lowest BCUT2D eigenvalue weighted by molar-refractivity contribution is 0.210. The zero-order chi connectivity index (χ0) is 26.4. The summed E-state index contributed by atoms with van der Waals surface area (Å²) in [7, 11) is 0. The Kier molecular flexibility index (Phi) is 4.25. The Morgan fingerprint density at radius 1 is 0.625 bits per heavy atom. The molecule has 0 saturated carbocycles. The van der Waals surface area contributed by atoms with E-state index in [0.717, 1.165) is 49.8 Å². The molecule has 0 N–H and O–H groups in total. The summed E-state index contributed by atoms with van der Waals surface area (Å²) in [6.07, 6.45) is -0.369. The van der Waals surface area contributed by atoms with Gasteiger partial charge in [0.15, 0.2) is 0 Å². The summed E-state index contributed by atoms with van der Waals surface area (Å²) in [5.41, 5.74) is 8.58. The van der Waals surface area contributed by atoms with E-state index in [9.17, 15) is 4.79 Å². The third-order valence-corrected chi connectivity index (χ3v) is 8.45. The van der Waals surface area contributed by atoms with Gasteiger partial charge in [0.1, 0.15) is 5.75 Å². The first kappa shape index (κ1) is 21.6. The van der Waals surface area contributed by atoms with Crippen molar-refractivity contribution in [3.05, 3.63) is 127 Å². The quantitative estimate of drug-likeness (QED) is 0.251. The van der Waals surface area contributed by atoms with Gasteiger partial charge in [0.25, 0.3) is 0 Å². The van der Waals surface area contributed by atoms with Gasteiger partial charge in [-0.15, -0.1) is 0 Å². The summed E-state index contributed by atoms with van der Waals surface area (Å²) in [6, 6.07) is 44.1. The molecule has 40 heavy (non-hydrogen) atoms. The van der Waals surface area contributed by atoms with E-state index in [1.807, 2.05) is 30.3 Å². The largest absolute Gasteiger partial charge is 0.424 e. The monoisotopic (exact) mass is 512 g/mol. The molecule has 186 valence electrons. The minimum atomic E-state index is -0.369. The second-order valence-electron chi connectivity index (χ2n) is 10.5. The van der Waals surface area contributed by atoms with Gasteiger partial charge in [0.05, 0.1) is 22.1 Å². The summed E-state index contributed by atoms with van der Waals surface area (Å²) in [6.45, 7) is -0.0652. The number of aromatic nitrogens is 1. The van der Waals surface area contributed by atoms with E-state index in [0.29, 0.717) is 5.75 Å². The maximum Gasteiger partial charge on any atom is 0.424 e. The standard InChI is InChI=1S/C35H21BN2O2/c39-35-38-28-20-10-8-18-26(28)36(22-12-3-1-4-13-22)32-31-24-16-7-9-19-27(24)37(23-14-5-2-6-15-23)33(31)25-17-11-21-29(40-35)30(25)34(32)38/h1-21H. The summed E-state index contributed by atoms with van der Waals surface area (Å²) >= 11 is 0. The maximum atomic E-state index is 13.7. The van der Waals surface area contributed by atoms with Gasteiger partial charge in [-0.05, 0) is 41.3 Å². The molecule has 5 heteroatoms. The van der Waals surface area contributed by atoms with E-state index >= 15 is 0 Å². The van der Waals surface area contributed by atoms with Crippen LogP contribution in [-0.4, -0.2) is 17.4 Å². The molecular weight excluding hydrogens is 491 g/mol. The Balaban J connectivity index is 1.59. The highest BCUT2D eigenvalue weighted by Crippen LogP contribution is 2.48. The minimum absolute atomic E-state index is 0.0652. The predicted molar refractivity (Wildman–Crippen MR) is 164 cm³/mol. The van der Waals surface area contributed by atoms with Crippen LogP contribution in [0, 0.1) is 0 Å². The van der Waals surface area contributed by atoms with Crippen molar-refractivity contribution in [3.63, 3.8) is 0 Å². The van der Waals surface area contributed by atoms with Gasteiger partial charge in [-0.2, -0.15) is 0 Å². The molecule has 2 aliphatic heterocycles. The van der Waals surface area contributed by atoms with E-state index in [1.54, 1.807) is 4.90 Å². The summed E-state index contributed by atoms with van der Waals surface area (Å²) in [4.78, 5) is 15.5. The molecule has 0 unspecified atom stereocenters. The van der Waals surface area contributed by atoms with Crippen molar-refractivity contribution in [1.29, 1.82) is 0 Å². The number of hydrogen-bond donors (Lipinski definition) is 0. The van der Waals surface area contributed by atoms with Crippen molar-refractivity contribution >= 4 is 73.1 Å². The lowest BCUT2D eigenvalue weighted by Crippen LogP contribution is -2.59. The number of anilines is 2. The summed E-state index contributed by atoms with van der Waals surface area (Å²) in [5.74, 6) is 0.605. The molecule has 1 aromatic heterocycles. The number of hydrogen-bond acceptors (Lipinski definition) is 2. The van der Waals surface area contributed by atoms with E-state index in [4.69, 9.17) is 4.74 Å². The maximum absolute atomic E-state index is 13.7. The molecule has 0 radical (unpaired) electrons. The van der Waals surface area contributed by atoms with Crippen LogP contribution in [0.25, 0.3) is 38.3 Å². The van der Waals surface area contributed by atoms with Crippen LogP contribution >= 0.6 is 0 Å². The Labute approximate surface area is 230 Å². The number of carbonyl (C=O) groups is 1. The first-order valence-electron chi connectivity index (χ1n) is 13.5. The number of fused-ring (bicyclic) bond motifs is 7. The Bertz CT molecular complexity index is 2170. The van der Waals surface area contributed by atoms with Crippen molar-refractivity contribution < 1.29 is 9.53 Å². The van der Waals surface area contributed by atoms with Gasteiger partial charge < -0.3 is 9.30 Å². The van der Waals surface area contributed by atoms with Crippen LogP contribution in [0.15, 0.2) is 127 Å². The van der Waals surface area contributed by atoms with Gasteiger partial charge in [-0.25, -0.2) is 9.69 Å². The Morgan fingerprint density at radius 3 is 2.17 bits per heavy atom. The average Bonchev–Trinajstić information content (AvgIpc) is 3.36. The van der Waals surface area contributed by atoms with E-state index in [1.165, 1.54) is 16.2 Å². The van der Waals surface area contributed by atoms with Crippen molar-refractivity contribution in [1.82, 2.24) is 4.57 Å². The molecule has 9 rings (SSSR count). The molecule has 0 fully saturated rings. The highest BCUT2D eigenvalue weighted by atomic mass is 16.6. The predicted octanol–water partition coefficient (Wildman–Crippen LogP) is 6.42. The first-order chi connectivity index (χ1) is 19.8. The van der Waals surface area contributed by atoms with Crippen LogP contribution in [0.1, 0.15) is 0 Å². The van der Waals surface area contributed by atoms with Crippen molar-refractivity contribution in [2.45, 2.75) is 0 Å². The second-order valence-corrected chi connectivity index (χ2v) is 10.5. The lowest BCUT2D eigenvalue weighted by Gasteiger charge is -2.39. The fourth-order valence-corrected chi connectivity index (χ4v) is 6.97. The third-order valence-electron chi connectivity index (χ3n) is 8.45. The number of ether oxygens (including phenoxy) is 1. The Hall–Kier alpha value is -5.29. The molecule has 0 atom stereocenters. The van der Waals surface area contributed by atoms with Gasteiger partial charge in [0, 0.05) is 27.5 Å². The number of nitrogens with zero attached hydrogens (tertiary/aromatic N) is 2. The number of carbonyl (C=O) groups excluding carboxylic acids is 1. The van der Waals surface area contributed by atoms with E-state index < -0.39 is 0 Å². The molecular formula is C35H21BN2O2. The van der Waals surface area contributed by atoms with Crippen LogP contribution < -0.4 is 26.0 Å². The van der Waals surface area contributed by atoms with Crippen molar-refractivity contribution in [3.8, 4) is 11.4 Å². The van der Waals surface area contributed by atoms with Crippen LogP contribution in [0.3, 0.4) is 0 Å². The van der Waals surface area contributed by atoms with E-state index in [-0.39, 0.29) is 12.8 Å². The SMILES string of the molecule is O=C1Oc2cccc3c2c2c(c4c5ccccc5n(-c5ccccc5)c34)B(c3ccccc3)c3ccccc3N12. The fraction of sp³-hybridized carbons (Fsp3) is 0. The van der Waals surface area contributed by atoms with Crippen LogP contribution in [0.5, 0.6) is 5.75 Å². The molecule has 0 spiro atoms. The molecule has 2 aliphatic rings. The third kappa shape index (κ3) is 2.68. The van der Waals surface area contributed by atoms with E-state index in [2.05, 4.69) is 102 Å². The molecule has 0 saturated heterocycles. The molecule has 1 amide bonds. The Morgan fingerprint density at radius 2 is 1.32 bits per heavy atom. The zero-order valence-electron chi connectivity index (χ0n) is 21.4. The first-order valence-corrected chi connectivity index (χ1v) is 13.5. The molecule has 0 aliphatic carbocycles. The minimum Gasteiger partial charge on any atom is -0.409 e. The second kappa shape index (κ2) is 7.87. The van der Waals surface area contributed by atoms with Crippen LogP contribution in [0.4, 0.5) is 16.2 Å². The highest BCUT2D eigenvalue weighted by molar-refractivity contribution is 7.00. The molecule has 0 bridgehead atoms. The summed E-state index contributed by atoms with van der Waals surface area (Å²) < 4.78 is 8.41.